The Morgan fingerprint density at radius 3 is 2.06 bits per heavy atom. The highest BCUT2D eigenvalue weighted by Gasteiger charge is 2.51. The highest BCUT2D eigenvalue weighted by Crippen LogP contribution is 2.50. The van der Waals surface area contributed by atoms with Gasteiger partial charge in [-0.15, -0.1) is 0 Å². The minimum Gasteiger partial charge on any atom is -0.453 e. The number of amides is 5. The highest BCUT2D eigenvalue weighted by atomic mass is 16.5. The molecule has 11 rings (SSSR count). The standard InChI is InChI=1S/C52H55N9O6/c1-29(2)42(58-52(65)66-3)50(63)61-36-16-11-35(28-36)46(61)48-54-40-20-15-34-27-32(13-18-38(34)45(40)56-48)31-12-17-37-33(26-31)14-19-39-44(37)55-47(53-39)41-10-7-21-60(41)49(62)43(30-8-5-4-6-9-30)57-51(64)59-22-24-67-25-23-59/h4-6,8-9,12-15,17-20,26-27,29,35-36,41-43,46H,7,10-11,16,21-25,28H2,1-3H3,(H,53,55)(H,54,56)(H,57,64)(H,58,65)/t35?,36-,41+,42+,43-,46+/m1/s1. The monoisotopic (exact) mass is 901 g/mol. The van der Waals surface area contributed by atoms with Gasteiger partial charge in [-0.1, -0.05) is 80.6 Å². The van der Waals surface area contributed by atoms with Crippen LogP contribution in [0.1, 0.15) is 81.3 Å². The van der Waals surface area contributed by atoms with Crippen LogP contribution < -0.4 is 10.6 Å². The Bertz CT molecular complexity index is 3050. The molecule has 4 N–H and O–H groups in total. The highest BCUT2D eigenvalue weighted by molar-refractivity contribution is 6.07. The maximum atomic E-state index is 14.5. The number of alkyl carbamates (subject to hydrolysis) is 1. The number of hydrogen-bond acceptors (Lipinski definition) is 8. The molecule has 15 nitrogen and oxygen atoms in total. The van der Waals surface area contributed by atoms with Crippen molar-refractivity contribution < 1.29 is 28.7 Å². The molecular formula is C52H55N9O6. The summed E-state index contributed by atoms with van der Waals surface area (Å²) in [6.45, 7) is 6.35. The molecule has 0 spiro atoms. The molecule has 15 heteroatoms. The van der Waals surface area contributed by atoms with Crippen molar-refractivity contribution in [1.29, 1.82) is 0 Å². The van der Waals surface area contributed by atoms with Gasteiger partial charge in [0.2, 0.25) is 11.8 Å². The fourth-order valence-electron chi connectivity index (χ4n) is 11.2. The lowest BCUT2D eigenvalue weighted by atomic mass is 9.95. The van der Waals surface area contributed by atoms with Gasteiger partial charge in [0.15, 0.2) is 0 Å². The van der Waals surface area contributed by atoms with Gasteiger partial charge in [-0.3, -0.25) is 9.59 Å². The number of methoxy groups -OCH3 is 1. The molecule has 0 radical (unpaired) electrons. The number of imidazole rings is 2. The van der Waals surface area contributed by atoms with E-state index in [9.17, 15) is 19.2 Å². The average Bonchev–Trinajstić information content (AvgIpc) is 4.23. The van der Waals surface area contributed by atoms with Crippen LogP contribution in [0.5, 0.6) is 0 Å². The summed E-state index contributed by atoms with van der Waals surface area (Å²) in [5.41, 5.74) is 6.44. The number of H-pyrrole nitrogens is 2. The van der Waals surface area contributed by atoms with Crippen molar-refractivity contribution in [3.8, 4) is 11.1 Å². The molecule has 6 atom stereocenters. The van der Waals surface area contributed by atoms with Crippen LogP contribution in [-0.2, 0) is 19.1 Å². The number of aromatic nitrogens is 4. The number of nitrogens with one attached hydrogen (secondary N) is 4. The van der Waals surface area contributed by atoms with Crippen LogP contribution in [0, 0.1) is 11.8 Å². The second kappa shape index (κ2) is 17.3. The van der Waals surface area contributed by atoms with E-state index < -0.39 is 18.2 Å². The quantitative estimate of drug-likeness (QED) is 0.112. The van der Waals surface area contributed by atoms with Crippen molar-refractivity contribution >= 4 is 67.6 Å². The lowest BCUT2D eigenvalue weighted by molar-refractivity contribution is -0.139. The number of rotatable bonds is 9. The topological polar surface area (TPSA) is 178 Å². The van der Waals surface area contributed by atoms with Crippen LogP contribution in [0.4, 0.5) is 9.59 Å². The number of carbonyl (C=O) groups is 4. The van der Waals surface area contributed by atoms with Crippen molar-refractivity contribution in [3.63, 3.8) is 0 Å². The molecule has 4 fully saturated rings. The summed E-state index contributed by atoms with van der Waals surface area (Å²) < 4.78 is 10.3. The van der Waals surface area contributed by atoms with Crippen molar-refractivity contribution in [3.05, 3.63) is 108 Å². The summed E-state index contributed by atoms with van der Waals surface area (Å²) in [7, 11) is 1.31. The molecule has 2 aromatic heterocycles. The second-order valence-electron chi connectivity index (χ2n) is 18.9. The maximum Gasteiger partial charge on any atom is 0.407 e. The van der Waals surface area contributed by atoms with Gasteiger partial charge in [-0.2, -0.15) is 0 Å². The van der Waals surface area contributed by atoms with Gasteiger partial charge in [0.1, 0.15) is 23.7 Å². The van der Waals surface area contributed by atoms with Gasteiger partial charge in [0, 0.05) is 36.4 Å². The van der Waals surface area contributed by atoms with E-state index in [2.05, 4.69) is 69.1 Å². The molecule has 5 aromatic carbocycles. The first-order valence-corrected chi connectivity index (χ1v) is 23.6. The summed E-state index contributed by atoms with van der Waals surface area (Å²) in [5.74, 6) is 1.46. The zero-order valence-electron chi connectivity index (χ0n) is 38.0. The Labute approximate surface area is 387 Å². The number of nitrogens with zero attached hydrogens (tertiary/aromatic N) is 5. The van der Waals surface area contributed by atoms with Crippen molar-refractivity contribution in [1.82, 2.24) is 45.3 Å². The van der Waals surface area contributed by atoms with Crippen LogP contribution >= 0.6 is 0 Å². The van der Waals surface area contributed by atoms with E-state index in [1.54, 1.807) is 4.90 Å². The summed E-state index contributed by atoms with van der Waals surface area (Å²) >= 11 is 0. The summed E-state index contributed by atoms with van der Waals surface area (Å²) in [6.07, 6.45) is 3.88. The average molecular weight is 902 g/mol. The molecule has 1 aliphatic carbocycles. The van der Waals surface area contributed by atoms with E-state index in [-0.39, 0.29) is 41.9 Å². The smallest absolute Gasteiger partial charge is 0.407 e. The normalized spacial score (nSPS) is 21.5. The van der Waals surface area contributed by atoms with Gasteiger partial charge in [0.05, 0.1) is 54.5 Å². The molecule has 5 amide bonds. The lowest BCUT2D eigenvalue weighted by Gasteiger charge is -2.37. The van der Waals surface area contributed by atoms with Gasteiger partial charge in [-0.25, -0.2) is 19.6 Å². The number of hydrogen-bond donors (Lipinski definition) is 4. The number of likely N-dealkylation sites (tertiary alicyclic amines) is 2. The number of aromatic amines is 2. The SMILES string of the molecule is COC(=O)N[C@H](C(=O)N1[C@@H]2CCC(C2)[C@H]1c1nc2ccc3cc(-c4ccc5c(ccc6nc([C@@H]7CCCN7C(=O)[C@H](NC(=O)N7CCOCC7)c7ccccc7)[nH]c65)c4)ccc3c2[nH]1)C(C)C. The van der Waals surface area contributed by atoms with Gasteiger partial charge in [0.25, 0.3) is 0 Å². The largest absolute Gasteiger partial charge is 0.453 e. The van der Waals surface area contributed by atoms with Crippen molar-refractivity contribution in [2.45, 2.75) is 76.2 Å². The number of carbonyl (C=O) groups excluding carboxylic acids is 4. The summed E-state index contributed by atoms with van der Waals surface area (Å²) in [4.78, 5) is 77.3. The van der Waals surface area contributed by atoms with Crippen LogP contribution in [-0.4, -0.2) is 111 Å². The molecular weight excluding hydrogens is 847 g/mol. The van der Waals surface area contributed by atoms with E-state index >= 15 is 0 Å². The number of fused-ring (bicyclic) bond motifs is 8. The Kier molecular flexibility index (Phi) is 11.0. The van der Waals surface area contributed by atoms with Crippen LogP contribution in [0.2, 0.25) is 0 Å². The third kappa shape index (κ3) is 7.68. The molecule has 4 aliphatic rings. The second-order valence-corrected chi connectivity index (χ2v) is 18.9. The van der Waals surface area contributed by atoms with Gasteiger partial charge < -0.3 is 44.8 Å². The van der Waals surface area contributed by atoms with Crippen molar-refractivity contribution in [2.75, 3.05) is 40.0 Å². The molecule has 1 unspecified atom stereocenters. The molecule has 1 saturated carbocycles. The van der Waals surface area contributed by atoms with E-state index in [0.717, 1.165) is 104 Å². The first kappa shape index (κ1) is 42.6. The maximum absolute atomic E-state index is 14.5. The fraction of sp³-hybridized carbons (Fsp3) is 0.385. The third-order valence-corrected chi connectivity index (χ3v) is 14.6. The predicted molar refractivity (Wildman–Crippen MR) is 255 cm³/mol. The Morgan fingerprint density at radius 2 is 1.40 bits per heavy atom. The first-order valence-electron chi connectivity index (χ1n) is 23.6. The van der Waals surface area contributed by atoms with Crippen LogP contribution in [0.15, 0.2) is 91.0 Å². The van der Waals surface area contributed by atoms with Crippen molar-refractivity contribution in [2.24, 2.45) is 11.8 Å². The van der Waals surface area contributed by atoms with Crippen LogP contribution in [0.3, 0.4) is 0 Å². The molecule has 7 aromatic rings. The third-order valence-electron chi connectivity index (χ3n) is 14.6. The number of piperidine rings is 1. The lowest BCUT2D eigenvalue weighted by Crippen LogP contribution is -2.54. The van der Waals surface area contributed by atoms with E-state index in [1.165, 1.54) is 7.11 Å². The zero-order chi connectivity index (χ0) is 45.9. The molecule has 2 bridgehead atoms. The number of urea groups is 1. The summed E-state index contributed by atoms with van der Waals surface area (Å²) in [6, 6.07) is 28.6. The predicted octanol–water partition coefficient (Wildman–Crippen LogP) is 8.29. The van der Waals surface area contributed by atoms with Crippen LogP contribution in [0.25, 0.3) is 54.7 Å². The summed E-state index contributed by atoms with van der Waals surface area (Å²) in [5, 5.41) is 10.1. The van der Waals surface area contributed by atoms with E-state index in [1.807, 2.05) is 66.1 Å². The number of benzene rings is 5. The molecule has 344 valence electrons. The zero-order valence-corrected chi connectivity index (χ0v) is 38.0. The first-order chi connectivity index (χ1) is 32.6. The Morgan fingerprint density at radius 1 is 0.746 bits per heavy atom. The van der Waals surface area contributed by atoms with E-state index in [0.29, 0.717) is 38.8 Å². The molecule has 5 heterocycles. The molecule has 3 aliphatic heterocycles. The molecule has 3 saturated heterocycles. The fourth-order valence-corrected chi connectivity index (χ4v) is 11.2. The van der Waals surface area contributed by atoms with E-state index in [4.69, 9.17) is 19.4 Å². The van der Waals surface area contributed by atoms with Gasteiger partial charge in [-0.05, 0) is 95.7 Å². The minimum absolute atomic E-state index is 0.0931. The Balaban J connectivity index is 0.851. The number of morpholine rings is 1. The Hall–Kier alpha value is -7.00. The number of ether oxygens (including phenoxy) is 2. The van der Waals surface area contributed by atoms with Gasteiger partial charge >= 0.3 is 12.1 Å². The molecule has 67 heavy (non-hydrogen) atoms. The minimum atomic E-state index is -0.837.